The minimum atomic E-state index is -3.00. The summed E-state index contributed by atoms with van der Waals surface area (Å²) in [6.07, 6.45) is 9.41. The molecular weight excluding hydrogens is 302 g/mol. The summed E-state index contributed by atoms with van der Waals surface area (Å²) < 4.78 is 28.7. The Morgan fingerprint density at radius 2 is 2.00 bits per heavy atom. The van der Waals surface area contributed by atoms with E-state index in [1.165, 1.54) is 6.08 Å². The molecule has 2 heterocycles. The fourth-order valence-corrected chi connectivity index (χ4v) is 5.17. The van der Waals surface area contributed by atoms with E-state index >= 15 is 0 Å². The van der Waals surface area contributed by atoms with E-state index in [2.05, 4.69) is 0 Å². The molecule has 5 nitrogen and oxygen atoms in total. The standard InChI is InChI=1S/C16H21NO4S/c18-16(8-7-15-6-3-10-21-15)17(13-4-1-2-5-13)14-9-11-22(19,20)12-14/h3,6-8,10,13-14H,1-2,4-5,9,11-12H2/b8-7+. The molecule has 1 unspecified atom stereocenters. The minimum Gasteiger partial charge on any atom is -0.465 e. The molecule has 1 amide bonds. The molecule has 6 heteroatoms. The van der Waals surface area contributed by atoms with Crippen molar-refractivity contribution in [1.82, 2.24) is 4.90 Å². The van der Waals surface area contributed by atoms with Gasteiger partial charge in [0.2, 0.25) is 5.91 Å². The first-order valence-electron chi connectivity index (χ1n) is 7.79. The fourth-order valence-electron chi connectivity index (χ4n) is 3.46. The number of nitrogens with zero attached hydrogens (tertiary/aromatic N) is 1. The Balaban J connectivity index is 1.77. The second-order valence-corrected chi connectivity index (χ2v) is 8.32. The van der Waals surface area contributed by atoms with E-state index in [1.54, 1.807) is 24.5 Å². The first-order chi connectivity index (χ1) is 10.6. The molecule has 0 N–H and O–H groups in total. The SMILES string of the molecule is O=C(/C=C/c1ccco1)N(C1CCCC1)C1CCS(=O)(=O)C1. The van der Waals surface area contributed by atoms with E-state index in [0.29, 0.717) is 12.2 Å². The summed E-state index contributed by atoms with van der Waals surface area (Å²) >= 11 is 0. The van der Waals surface area contributed by atoms with Crippen LogP contribution >= 0.6 is 0 Å². The maximum absolute atomic E-state index is 12.6. The van der Waals surface area contributed by atoms with Gasteiger partial charge < -0.3 is 9.32 Å². The van der Waals surface area contributed by atoms with Crippen molar-refractivity contribution < 1.29 is 17.6 Å². The lowest BCUT2D eigenvalue weighted by Crippen LogP contribution is -2.46. The van der Waals surface area contributed by atoms with Crippen molar-refractivity contribution in [2.75, 3.05) is 11.5 Å². The normalized spacial score (nSPS) is 25.0. The van der Waals surface area contributed by atoms with Crippen LogP contribution in [0.1, 0.15) is 37.9 Å². The van der Waals surface area contributed by atoms with Gasteiger partial charge in [0.15, 0.2) is 9.84 Å². The maximum Gasteiger partial charge on any atom is 0.247 e. The highest BCUT2D eigenvalue weighted by Crippen LogP contribution is 2.29. The quantitative estimate of drug-likeness (QED) is 0.797. The van der Waals surface area contributed by atoms with E-state index in [-0.39, 0.29) is 29.5 Å². The molecule has 3 rings (SSSR count). The number of rotatable bonds is 4. The lowest BCUT2D eigenvalue weighted by Gasteiger charge is -2.33. The summed E-state index contributed by atoms with van der Waals surface area (Å²) in [6.45, 7) is 0. The van der Waals surface area contributed by atoms with Gasteiger partial charge in [-0.2, -0.15) is 0 Å². The van der Waals surface area contributed by atoms with Gasteiger partial charge in [-0.25, -0.2) is 8.42 Å². The zero-order valence-corrected chi connectivity index (χ0v) is 13.3. The molecule has 1 saturated carbocycles. The van der Waals surface area contributed by atoms with Crippen LogP contribution < -0.4 is 0 Å². The zero-order chi connectivity index (χ0) is 15.6. The lowest BCUT2D eigenvalue weighted by molar-refractivity contribution is -0.130. The predicted molar refractivity (Wildman–Crippen MR) is 83.9 cm³/mol. The summed E-state index contributed by atoms with van der Waals surface area (Å²) in [6, 6.07) is 3.54. The van der Waals surface area contributed by atoms with Crippen LogP contribution in [0.5, 0.6) is 0 Å². The second kappa shape index (κ2) is 6.28. The monoisotopic (exact) mass is 323 g/mol. The van der Waals surface area contributed by atoms with E-state index in [1.807, 2.05) is 4.90 Å². The van der Waals surface area contributed by atoms with Gasteiger partial charge in [-0.3, -0.25) is 4.79 Å². The first kappa shape index (κ1) is 15.3. The third kappa shape index (κ3) is 3.43. The highest BCUT2D eigenvalue weighted by molar-refractivity contribution is 7.91. The third-order valence-corrected chi connectivity index (χ3v) is 6.26. The molecule has 1 atom stereocenters. The number of hydrogen-bond acceptors (Lipinski definition) is 4. The van der Waals surface area contributed by atoms with Gasteiger partial charge in [0.1, 0.15) is 5.76 Å². The molecule has 0 aromatic carbocycles. The molecule has 22 heavy (non-hydrogen) atoms. The molecule has 0 spiro atoms. The average Bonchev–Trinajstić information content (AvgIpc) is 3.19. The molecule has 1 aliphatic heterocycles. The van der Waals surface area contributed by atoms with Crippen LogP contribution in [-0.4, -0.2) is 42.8 Å². The molecule has 2 fully saturated rings. The van der Waals surface area contributed by atoms with Gasteiger partial charge in [-0.1, -0.05) is 12.8 Å². The van der Waals surface area contributed by atoms with Gasteiger partial charge in [0.25, 0.3) is 0 Å². The van der Waals surface area contributed by atoms with Gasteiger partial charge in [0.05, 0.1) is 17.8 Å². The number of hydrogen-bond donors (Lipinski definition) is 0. The lowest BCUT2D eigenvalue weighted by atomic mass is 10.1. The molecule has 1 aromatic rings. The van der Waals surface area contributed by atoms with Crippen LogP contribution in [0.25, 0.3) is 6.08 Å². The Bertz CT molecular complexity index is 642. The minimum absolute atomic E-state index is 0.101. The average molecular weight is 323 g/mol. The third-order valence-electron chi connectivity index (χ3n) is 4.51. The van der Waals surface area contributed by atoms with Gasteiger partial charge >= 0.3 is 0 Å². The number of sulfone groups is 1. The number of furan rings is 1. The van der Waals surface area contributed by atoms with Gasteiger partial charge in [0, 0.05) is 18.2 Å². The summed E-state index contributed by atoms with van der Waals surface area (Å²) in [4.78, 5) is 14.4. The van der Waals surface area contributed by atoms with Crippen LogP contribution in [0.4, 0.5) is 0 Å². The van der Waals surface area contributed by atoms with Crippen molar-refractivity contribution in [2.24, 2.45) is 0 Å². The number of amides is 1. The topological polar surface area (TPSA) is 67.6 Å². The summed E-state index contributed by atoms with van der Waals surface area (Å²) in [7, 11) is -3.00. The Morgan fingerprint density at radius 1 is 1.23 bits per heavy atom. The van der Waals surface area contributed by atoms with E-state index < -0.39 is 9.84 Å². The summed E-state index contributed by atoms with van der Waals surface area (Å²) in [5.41, 5.74) is 0. The smallest absolute Gasteiger partial charge is 0.247 e. The van der Waals surface area contributed by atoms with Crippen LogP contribution in [-0.2, 0) is 14.6 Å². The van der Waals surface area contributed by atoms with Crippen LogP contribution in [0.3, 0.4) is 0 Å². The molecule has 2 aliphatic rings. The predicted octanol–water partition coefficient (Wildman–Crippen LogP) is 2.25. The van der Waals surface area contributed by atoms with Gasteiger partial charge in [-0.05, 0) is 37.5 Å². The number of carbonyl (C=O) groups excluding carboxylic acids is 1. The zero-order valence-electron chi connectivity index (χ0n) is 12.5. The molecule has 0 radical (unpaired) electrons. The summed E-state index contributed by atoms with van der Waals surface area (Å²) in [5, 5.41) is 0. The molecule has 1 saturated heterocycles. The number of carbonyl (C=O) groups is 1. The van der Waals surface area contributed by atoms with Crippen molar-refractivity contribution in [2.45, 2.75) is 44.2 Å². The van der Waals surface area contributed by atoms with E-state index in [4.69, 9.17) is 4.42 Å². The summed E-state index contributed by atoms with van der Waals surface area (Å²) in [5.74, 6) is 0.809. The van der Waals surface area contributed by atoms with Crippen LogP contribution in [0.15, 0.2) is 28.9 Å². The highest BCUT2D eigenvalue weighted by Gasteiger charge is 2.38. The Kier molecular flexibility index (Phi) is 4.38. The molecular formula is C16H21NO4S. The molecule has 1 aliphatic carbocycles. The second-order valence-electron chi connectivity index (χ2n) is 6.09. The Labute approximate surface area is 130 Å². The van der Waals surface area contributed by atoms with Crippen molar-refractivity contribution in [3.63, 3.8) is 0 Å². The van der Waals surface area contributed by atoms with Crippen molar-refractivity contribution >= 4 is 21.8 Å². The maximum atomic E-state index is 12.6. The molecule has 120 valence electrons. The Morgan fingerprint density at radius 3 is 2.59 bits per heavy atom. The van der Waals surface area contributed by atoms with E-state index in [0.717, 1.165) is 25.7 Å². The van der Waals surface area contributed by atoms with Crippen molar-refractivity contribution in [3.8, 4) is 0 Å². The van der Waals surface area contributed by atoms with Gasteiger partial charge in [-0.15, -0.1) is 0 Å². The molecule has 0 bridgehead atoms. The highest BCUT2D eigenvalue weighted by atomic mass is 32.2. The Hall–Kier alpha value is -1.56. The van der Waals surface area contributed by atoms with Crippen molar-refractivity contribution in [1.29, 1.82) is 0 Å². The largest absolute Gasteiger partial charge is 0.465 e. The molecule has 1 aromatic heterocycles. The van der Waals surface area contributed by atoms with Crippen molar-refractivity contribution in [3.05, 3.63) is 30.2 Å². The van der Waals surface area contributed by atoms with Crippen LogP contribution in [0.2, 0.25) is 0 Å². The first-order valence-corrected chi connectivity index (χ1v) is 9.62. The fraction of sp³-hybridized carbons (Fsp3) is 0.562. The van der Waals surface area contributed by atoms with Crippen LogP contribution in [0, 0.1) is 0 Å². The van der Waals surface area contributed by atoms with E-state index in [9.17, 15) is 13.2 Å².